The molecule has 1 aliphatic heterocycles. The van der Waals surface area contributed by atoms with Gasteiger partial charge in [-0.1, -0.05) is 11.6 Å². The molecule has 3 rings (SSSR count). The Morgan fingerprint density at radius 1 is 1.41 bits per heavy atom. The van der Waals surface area contributed by atoms with Crippen molar-refractivity contribution >= 4 is 17.5 Å². The number of halogens is 3. The van der Waals surface area contributed by atoms with E-state index in [0.717, 1.165) is 18.6 Å². The molecule has 27 heavy (non-hydrogen) atoms. The van der Waals surface area contributed by atoms with E-state index in [1.165, 1.54) is 10.6 Å². The Bertz CT molecular complexity index is 904. The molecule has 0 spiro atoms. The van der Waals surface area contributed by atoms with Gasteiger partial charge in [0, 0.05) is 36.8 Å². The molecule has 0 unspecified atom stereocenters. The molecule has 2 heterocycles. The van der Waals surface area contributed by atoms with Crippen LogP contribution in [0.15, 0.2) is 23.0 Å². The molecule has 1 aliphatic rings. The first-order valence-electron chi connectivity index (χ1n) is 8.67. The minimum absolute atomic E-state index is 0.00382. The number of benzene rings is 1. The van der Waals surface area contributed by atoms with Gasteiger partial charge in [-0.2, -0.15) is 4.98 Å². The fourth-order valence-electron chi connectivity index (χ4n) is 3.02. The molecule has 0 aliphatic carbocycles. The number of anilines is 1. The number of hydrogen-bond donors (Lipinski definition) is 1. The second kappa shape index (κ2) is 7.82. The van der Waals surface area contributed by atoms with Crippen molar-refractivity contribution in [1.29, 1.82) is 0 Å². The van der Waals surface area contributed by atoms with Crippen LogP contribution in [0, 0.1) is 11.6 Å². The molecule has 1 aromatic heterocycles. The molecule has 0 amide bonds. The molecule has 1 saturated heterocycles. The Balaban J connectivity index is 1.95. The van der Waals surface area contributed by atoms with Gasteiger partial charge in [0.25, 0.3) is 5.56 Å². The average molecular weight is 399 g/mol. The Labute approximate surface area is 160 Å². The van der Waals surface area contributed by atoms with Crippen LogP contribution in [0.4, 0.5) is 14.7 Å². The maximum atomic E-state index is 13.8. The predicted molar refractivity (Wildman–Crippen MR) is 99.4 cm³/mol. The van der Waals surface area contributed by atoms with Gasteiger partial charge in [0.15, 0.2) is 5.02 Å². The van der Waals surface area contributed by atoms with Crippen LogP contribution in [-0.4, -0.2) is 28.7 Å². The summed E-state index contributed by atoms with van der Waals surface area (Å²) in [5.74, 6) is -1.09. The van der Waals surface area contributed by atoms with Crippen molar-refractivity contribution in [3.63, 3.8) is 0 Å². The topological polar surface area (TPSA) is 73.4 Å². The normalized spacial score (nSPS) is 17.0. The molecule has 2 N–H and O–H groups in total. The molecule has 6 nitrogen and oxygen atoms in total. The predicted octanol–water partition coefficient (Wildman–Crippen LogP) is 2.87. The van der Waals surface area contributed by atoms with Crippen LogP contribution in [-0.2, 0) is 6.61 Å². The molecule has 146 valence electrons. The number of nitrogens with two attached hydrogens (primary N) is 1. The van der Waals surface area contributed by atoms with E-state index in [9.17, 15) is 13.6 Å². The van der Waals surface area contributed by atoms with Gasteiger partial charge in [0.05, 0.1) is 0 Å². The largest absolute Gasteiger partial charge is 0.471 e. The molecular formula is C18H21ClF2N4O2. The lowest BCUT2D eigenvalue weighted by atomic mass is 10.2. The van der Waals surface area contributed by atoms with E-state index in [0.29, 0.717) is 19.0 Å². The molecule has 1 aromatic carbocycles. The lowest BCUT2D eigenvalue weighted by Gasteiger charge is -2.24. The maximum Gasteiger partial charge on any atom is 0.277 e. The quantitative estimate of drug-likeness (QED) is 0.838. The van der Waals surface area contributed by atoms with E-state index < -0.39 is 17.2 Å². The van der Waals surface area contributed by atoms with Crippen LogP contribution in [0.1, 0.15) is 31.9 Å². The fraction of sp³-hybridized carbons (Fsp3) is 0.444. The first-order valence-corrected chi connectivity index (χ1v) is 9.05. The Kier molecular flexibility index (Phi) is 5.67. The Morgan fingerprint density at radius 3 is 2.74 bits per heavy atom. The van der Waals surface area contributed by atoms with Crippen molar-refractivity contribution in [2.24, 2.45) is 5.73 Å². The number of rotatable bonds is 5. The number of nitrogens with zero attached hydrogens (tertiary/aromatic N) is 3. The second-order valence-corrected chi connectivity index (χ2v) is 7.20. The summed E-state index contributed by atoms with van der Waals surface area (Å²) in [6.45, 7) is 4.70. The molecule has 0 radical (unpaired) electrons. The summed E-state index contributed by atoms with van der Waals surface area (Å²) < 4.78 is 33.8. The molecule has 9 heteroatoms. The summed E-state index contributed by atoms with van der Waals surface area (Å²) >= 11 is 6.16. The third-order valence-corrected chi connectivity index (χ3v) is 4.74. The van der Waals surface area contributed by atoms with Gasteiger partial charge >= 0.3 is 0 Å². The Hall–Kier alpha value is -2.19. The molecule has 0 bridgehead atoms. The monoisotopic (exact) mass is 398 g/mol. The van der Waals surface area contributed by atoms with Crippen LogP contribution in [0.3, 0.4) is 0 Å². The van der Waals surface area contributed by atoms with Gasteiger partial charge in [0.1, 0.15) is 18.2 Å². The summed E-state index contributed by atoms with van der Waals surface area (Å²) in [4.78, 5) is 19.1. The zero-order valence-electron chi connectivity index (χ0n) is 15.1. The average Bonchev–Trinajstić information content (AvgIpc) is 3.03. The minimum atomic E-state index is -0.743. The maximum absolute atomic E-state index is 13.8. The standard InChI is InChI=1S/C18H21ClF2N4O2/c1-10(2)25-17(26)15(19)16(23-18(25)24-6-5-13(22)8-24)27-9-11-3-4-12(20)7-14(11)21/h3-4,7,10,13H,5-6,8-9,22H2,1-2H3/t13-/m1/s1. The highest BCUT2D eigenvalue weighted by molar-refractivity contribution is 6.31. The van der Waals surface area contributed by atoms with Gasteiger partial charge < -0.3 is 15.4 Å². The van der Waals surface area contributed by atoms with Gasteiger partial charge in [0.2, 0.25) is 11.8 Å². The van der Waals surface area contributed by atoms with Gasteiger partial charge in [-0.15, -0.1) is 0 Å². The summed E-state index contributed by atoms with van der Waals surface area (Å²) in [5, 5.41) is -0.182. The van der Waals surface area contributed by atoms with E-state index >= 15 is 0 Å². The van der Waals surface area contributed by atoms with Gasteiger partial charge in [-0.3, -0.25) is 9.36 Å². The van der Waals surface area contributed by atoms with Crippen molar-refractivity contribution in [2.45, 2.75) is 39.0 Å². The molecular weight excluding hydrogens is 378 g/mol. The first-order chi connectivity index (χ1) is 12.8. The second-order valence-electron chi connectivity index (χ2n) is 6.82. The van der Waals surface area contributed by atoms with Crippen molar-refractivity contribution in [3.8, 4) is 5.88 Å². The van der Waals surface area contributed by atoms with E-state index in [-0.39, 0.29) is 35.2 Å². The fourth-order valence-corrected chi connectivity index (χ4v) is 3.21. The zero-order valence-corrected chi connectivity index (χ0v) is 15.8. The van der Waals surface area contributed by atoms with E-state index in [1.807, 2.05) is 18.7 Å². The van der Waals surface area contributed by atoms with Crippen molar-refractivity contribution < 1.29 is 13.5 Å². The van der Waals surface area contributed by atoms with E-state index in [4.69, 9.17) is 22.1 Å². The number of ether oxygens (including phenoxy) is 1. The zero-order chi connectivity index (χ0) is 19.7. The van der Waals surface area contributed by atoms with Crippen molar-refractivity contribution in [2.75, 3.05) is 18.0 Å². The first kappa shape index (κ1) is 19.6. The minimum Gasteiger partial charge on any atom is -0.471 e. The molecule has 1 atom stereocenters. The third-order valence-electron chi connectivity index (χ3n) is 4.41. The highest BCUT2D eigenvalue weighted by Gasteiger charge is 2.27. The van der Waals surface area contributed by atoms with Gasteiger partial charge in [-0.25, -0.2) is 8.78 Å². The van der Waals surface area contributed by atoms with Crippen molar-refractivity contribution in [3.05, 3.63) is 50.8 Å². The number of aromatic nitrogens is 2. The van der Waals surface area contributed by atoms with Crippen molar-refractivity contribution in [1.82, 2.24) is 9.55 Å². The molecule has 2 aromatic rings. The third kappa shape index (κ3) is 4.06. The lowest BCUT2D eigenvalue weighted by Crippen LogP contribution is -2.34. The van der Waals surface area contributed by atoms with Crippen LogP contribution in [0.5, 0.6) is 5.88 Å². The summed E-state index contributed by atoms with van der Waals surface area (Å²) in [5.41, 5.74) is 5.67. The molecule has 0 saturated carbocycles. The van der Waals surface area contributed by atoms with Crippen LogP contribution < -0.4 is 20.9 Å². The smallest absolute Gasteiger partial charge is 0.277 e. The highest BCUT2D eigenvalue weighted by Crippen LogP contribution is 2.27. The summed E-state index contributed by atoms with van der Waals surface area (Å²) in [7, 11) is 0. The van der Waals surface area contributed by atoms with Crippen LogP contribution in [0.25, 0.3) is 0 Å². The summed E-state index contributed by atoms with van der Waals surface area (Å²) in [6.07, 6.45) is 0.785. The summed E-state index contributed by atoms with van der Waals surface area (Å²) in [6, 6.07) is 2.99. The SMILES string of the molecule is CC(C)n1c(N2CC[C@@H](N)C2)nc(OCc2ccc(F)cc2F)c(Cl)c1=O. The number of hydrogen-bond acceptors (Lipinski definition) is 5. The van der Waals surface area contributed by atoms with Gasteiger partial charge in [-0.05, 0) is 32.4 Å². The highest BCUT2D eigenvalue weighted by atomic mass is 35.5. The van der Waals surface area contributed by atoms with Crippen LogP contribution >= 0.6 is 11.6 Å². The molecule has 1 fully saturated rings. The van der Waals surface area contributed by atoms with E-state index in [1.54, 1.807) is 0 Å². The Morgan fingerprint density at radius 2 is 2.15 bits per heavy atom. The van der Waals surface area contributed by atoms with E-state index in [2.05, 4.69) is 4.98 Å². The van der Waals surface area contributed by atoms with Crippen LogP contribution in [0.2, 0.25) is 5.02 Å². The lowest BCUT2D eigenvalue weighted by molar-refractivity contribution is 0.285.